The molecule has 2 fully saturated rings. The molecule has 2 heterocycles. The molecule has 0 unspecified atom stereocenters. The van der Waals surface area contributed by atoms with Gasteiger partial charge in [0, 0.05) is 40.8 Å². The third-order valence-corrected chi connectivity index (χ3v) is 7.58. The van der Waals surface area contributed by atoms with Crippen LogP contribution in [0.5, 0.6) is 0 Å². The third-order valence-electron chi connectivity index (χ3n) is 7.21. The molecule has 0 atom stereocenters. The number of carbonyl (C=O) groups excluding carboxylic acids is 2. The highest BCUT2D eigenvalue weighted by Gasteiger charge is 2.27. The summed E-state index contributed by atoms with van der Waals surface area (Å²) in [5, 5.41) is 7.83. The first-order valence-corrected chi connectivity index (χ1v) is 12.9. The van der Waals surface area contributed by atoms with Crippen molar-refractivity contribution in [3.63, 3.8) is 0 Å². The second kappa shape index (κ2) is 10.8. The molecular formula is C28H31ClN4O2. The quantitative estimate of drug-likeness (QED) is 0.484. The number of carbonyl (C=O) groups is 2. The van der Waals surface area contributed by atoms with Gasteiger partial charge in [0.05, 0.1) is 11.1 Å². The summed E-state index contributed by atoms with van der Waals surface area (Å²) in [5.74, 6) is 0.122. The number of anilines is 1. The molecule has 2 N–H and O–H groups in total. The fourth-order valence-electron chi connectivity index (χ4n) is 5.16. The maximum absolute atomic E-state index is 12.8. The van der Waals surface area contributed by atoms with E-state index < -0.39 is 0 Å². The Bertz CT molecular complexity index is 1220. The number of aromatic nitrogens is 1. The lowest BCUT2D eigenvalue weighted by Crippen LogP contribution is -2.43. The molecule has 1 aromatic heterocycles. The fourth-order valence-corrected chi connectivity index (χ4v) is 5.33. The van der Waals surface area contributed by atoms with Crippen LogP contribution in [-0.4, -0.2) is 40.8 Å². The standard InChI is InChI=1S/C28H31ClN4O2/c29-25-10-9-24(32-28(35)21-15-20-5-1-4-8-26(20)30-17-21)16-22(25)18-33-13-11-19(12-14-33)27(34)31-23-6-2-3-7-23/h1,4-5,8-10,15-17,19,23H,2-3,6-7,11-14,18H2,(H,31,34)(H,32,35). The van der Waals surface area contributed by atoms with E-state index in [1.165, 1.54) is 12.8 Å². The van der Waals surface area contributed by atoms with Gasteiger partial charge >= 0.3 is 0 Å². The number of nitrogens with one attached hydrogen (secondary N) is 2. The van der Waals surface area contributed by atoms with Crippen molar-refractivity contribution in [2.24, 2.45) is 5.92 Å². The van der Waals surface area contributed by atoms with Gasteiger partial charge in [-0.25, -0.2) is 0 Å². The van der Waals surface area contributed by atoms with Crippen LogP contribution in [0.25, 0.3) is 10.9 Å². The number of rotatable bonds is 6. The molecule has 2 aromatic carbocycles. The van der Waals surface area contributed by atoms with E-state index in [1.54, 1.807) is 6.20 Å². The Morgan fingerprint density at radius 2 is 1.77 bits per heavy atom. The molecule has 1 saturated heterocycles. The molecule has 7 heteroatoms. The number of fused-ring (bicyclic) bond motifs is 1. The lowest BCUT2D eigenvalue weighted by molar-refractivity contribution is -0.127. The Kier molecular flexibility index (Phi) is 7.30. The molecule has 0 bridgehead atoms. The van der Waals surface area contributed by atoms with Crippen LogP contribution in [0.2, 0.25) is 5.02 Å². The molecule has 6 nitrogen and oxygen atoms in total. The molecule has 5 rings (SSSR count). The molecule has 1 aliphatic carbocycles. The summed E-state index contributed by atoms with van der Waals surface area (Å²) in [6, 6.07) is 15.5. The molecule has 2 aliphatic rings. The van der Waals surface area contributed by atoms with Gasteiger partial charge in [0.1, 0.15) is 0 Å². The Hall–Kier alpha value is -2.96. The van der Waals surface area contributed by atoms with Gasteiger partial charge in [0.25, 0.3) is 5.91 Å². The highest BCUT2D eigenvalue weighted by molar-refractivity contribution is 6.31. The van der Waals surface area contributed by atoms with E-state index in [0.29, 0.717) is 28.9 Å². The number of para-hydroxylation sites is 1. The molecule has 1 saturated carbocycles. The van der Waals surface area contributed by atoms with Gasteiger partial charge in [-0.1, -0.05) is 42.6 Å². The summed E-state index contributed by atoms with van der Waals surface area (Å²) in [5.41, 5.74) is 3.04. The highest BCUT2D eigenvalue weighted by atomic mass is 35.5. The van der Waals surface area contributed by atoms with E-state index in [-0.39, 0.29) is 17.7 Å². The number of nitrogens with zero attached hydrogens (tertiary/aromatic N) is 2. The van der Waals surface area contributed by atoms with Crippen LogP contribution in [0, 0.1) is 5.92 Å². The van der Waals surface area contributed by atoms with Crippen LogP contribution in [0.15, 0.2) is 54.7 Å². The smallest absolute Gasteiger partial charge is 0.257 e. The van der Waals surface area contributed by atoms with Crippen LogP contribution in [-0.2, 0) is 11.3 Å². The molecule has 0 radical (unpaired) electrons. The Morgan fingerprint density at radius 1 is 1.00 bits per heavy atom. The van der Waals surface area contributed by atoms with Crippen LogP contribution in [0.1, 0.15) is 54.4 Å². The maximum Gasteiger partial charge on any atom is 0.257 e. The first-order valence-electron chi connectivity index (χ1n) is 12.5. The summed E-state index contributed by atoms with van der Waals surface area (Å²) in [7, 11) is 0. The minimum atomic E-state index is -0.203. The lowest BCUT2D eigenvalue weighted by atomic mass is 9.95. The molecule has 2 amide bonds. The summed E-state index contributed by atoms with van der Waals surface area (Å²) < 4.78 is 0. The van der Waals surface area contributed by atoms with Crippen molar-refractivity contribution in [3.05, 3.63) is 70.9 Å². The summed E-state index contributed by atoms with van der Waals surface area (Å²) in [6.45, 7) is 2.41. The predicted octanol–water partition coefficient (Wildman–Crippen LogP) is 5.41. The van der Waals surface area contributed by atoms with Gasteiger partial charge in [0.15, 0.2) is 0 Å². The minimum Gasteiger partial charge on any atom is -0.353 e. The van der Waals surface area contributed by atoms with E-state index in [0.717, 1.165) is 55.2 Å². The molecule has 3 aromatic rings. The van der Waals surface area contributed by atoms with Crippen LogP contribution in [0.3, 0.4) is 0 Å². The SMILES string of the molecule is O=C(Nc1ccc(Cl)c(CN2CCC(C(=O)NC3CCCC3)CC2)c1)c1cnc2ccccc2c1. The van der Waals surface area contributed by atoms with E-state index in [9.17, 15) is 9.59 Å². The van der Waals surface area contributed by atoms with Crippen molar-refractivity contribution in [2.45, 2.75) is 51.1 Å². The average molecular weight is 491 g/mol. The first kappa shape index (κ1) is 23.8. The van der Waals surface area contributed by atoms with Crippen molar-refractivity contribution < 1.29 is 9.59 Å². The van der Waals surface area contributed by atoms with Crippen LogP contribution < -0.4 is 10.6 Å². The molecular weight excluding hydrogens is 460 g/mol. The highest BCUT2D eigenvalue weighted by Crippen LogP contribution is 2.26. The first-order chi connectivity index (χ1) is 17.0. The zero-order valence-electron chi connectivity index (χ0n) is 19.8. The van der Waals surface area contributed by atoms with Crippen LogP contribution in [0.4, 0.5) is 5.69 Å². The van der Waals surface area contributed by atoms with Gasteiger partial charge in [0.2, 0.25) is 5.91 Å². The topological polar surface area (TPSA) is 74.3 Å². The van der Waals surface area contributed by atoms with Gasteiger partial charge < -0.3 is 10.6 Å². The summed E-state index contributed by atoms with van der Waals surface area (Å²) in [6.07, 6.45) is 8.01. The van der Waals surface area contributed by atoms with Crippen molar-refractivity contribution >= 4 is 40.0 Å². The number of halogens is 1. The summed E-state index contributed by atoms with van der Waals surface area (Å²) >= 11 is 6.50. The number of piperidine rings is 1. The zero-order valence-corrected chi connectivity index (χ0v) is 20.6. The van der Waals surface area contributed by atoms with Gasteiger partial charge in [-0.3, -0.25) is 19.5 Å². The van der Waals surface area contributed by atoms with E-state index in [4.69, 9.17) is 11.6 Å². The number of hydrogen-bond acceptors (Lipinski definition) is 4. The summed E-state index contributed by atoms with van der Waals surface area (Å²) in [4.78, 5) is 32.2. The fraction of sp³-hybridized carbons (Fsp3) is 0.393. The second-order valence-electron chi connectivity index (χ2n) is 9.72. The number of benzene rings is 2. The molecule has 1 aliphatic heterocycles. The van der Waals surface area contributed by atoms with E-state index in [2.05, 4.69) is 20.5 Å². The van der Waals surface area contributed by atoms with E-state index >= 15 is 0 Å². The van der Waals surface area contributed by atoms with Gasteiger partial charge in [-0.2, -0.15) is 0 Å². The van der Waals surface area contributed by atoms with Crippen molar-refractivity contribution in [1.82, 2.24) is 15.2 Å². The van der Waals surface area contributed by atoms with Crippen molar-refractivity contribution in [3.8, 4) is 0 Å². The van der Waals surface area contributed by atoms with Gasteiger partial charge in [-0.15, -0.1) is 0 Å². The molecule has 0 spiro atoms. The van der Waals surface area contributed by atoms with Crippen molar-refractivity contribution in [1.29, 1.82) is 0 Å². The molecule has 35 heavy (non-hydrogen) atoms. The second-order valence-corrected chi connectivity index (χ2v) is 10.1. The van der Waals surface area contributed by atoms with Gasteiger partial charge in [-0.05, 0) is 74.7 Å². The Balaban J connectivity index is 1.18. The number of amides is 2. The maximum atomic E-state index is 12.8. The number of pyridine rings is 1. The minimum absolute atomic E-state index is 0.100. The normalized spacial score (nSPS) is 17.5. The average Bonchev–Trinajstić information content (AvgIpc) is 3.39. The Labute approximate surface area is 211 Å². The van der Waals surface area contributed by atoms with Crippen molar-refractivity contribution in [2.75, 3.05) is 18.4 Å². The molecule has 182 valence electrons. The predicted molar refractivity (Wildman–Crippen MR) is 140 cm³/mol. The Morgan fingerprint density at radius 3 is 2.57 bits per heavy atom. The third kappa shape index (κ3) is 5.82. The van der Waals surface area contributed by atoms with E-state index in [1.807, 2.05) is 48.5 Å². The lowest BCUT2D eigenvalue weighted by Gasteiger charge is -2.32. The number of hydrogen-bond donors (Lipinski definition) is 2. The number of likely N-dealkylation sites (tertiary alicyclic amines) is 1. The largest absolute Gasteiger partial charge is 0.353 e. The zero-order chi connectivity index (χ0) is 24.2. The van der Waals surface area contributed by atoms with Crippen LogP contribution >= 0.6 is 11.6 Å². The monoisotopic (exact) mass is 490 g/mol.